The molecule has 1 aliphatic heterocycles. The van der Waals surface area contributed by atoms with E-state index in [1.807, 2.05) is 66.7 Å². The monoisotopic (exact) mass is 318 g/mol. The Morgan fingerprint density at radius 1 is 1.04 bits per heavy atom. The molecule has 120 valence electrons. The fourth-order valence-electron chi connectivity index (χ4n) is 3.61. The van der Waals surface area contributed by atoms with E-state index in [2.05, 4.69) is 5.32 Å². The minimum Gasteiger partial charge on any atom is -0.319 e. The molecule has 3 amide bonds. The Morgan fingerprint density at radius 3 is 2.62 bits per heavy atom. The second kappa shape index (κ2) is 5.64. The van der Waals surface area contributed by atoms with E-state index < -0.39 is 5.54 Å². The average molecular weight is 318 g/mol. The van der Waals surface area contributed by atoms with E-state index in [1.165, 1.54) is 4.90 Å². The van der Waals surface area contributed by atoms with Gasteiger partial charge in [0.2, 0.25) is 0 Å². The summed E-state index contributed by atoms with van der Waals surface area (Å²) in [5, 5.41) is 2.94. The molecular formula is C20H18N2O2. The highest BCUT2D eigenvalue weighted by Gasteiger charge is 2.54. The number of benzene rings is 2. The van der Waals surface area contributed by atoms with Gasteiger partial charge in [-0.3, -0.25) is 9.69 Å². The summed E-state index contributed by atoms with van der Waals surface area (Å²) in [4.78, 5) is 26.6. The van der Waals surface area contributed by atoms with Gasteiger partial charge in [-0.15, -0.1) is 0 Å². The standard InChI is InChI=1S/C20H18N2O2/c23-18-20(13-12-16-10-4-5-11-17(16)20)21-19(24)22(18)14-6-9-15-7-2-1-3-8-15/h1-11H,12-14H2,(H,21,24). The van der Waals surface area contributed by atoms with Crippen LogP contribution in [0.25, 0.3) is 6.08 Å². The van der Waals surface area contributed by atoms with Crippen LogP contribution >= 0.6 is 0 Å². The summed E-state index contributed by atoms with van der Waals surface area (Å²) in [5.41, 5.74) is 2.27. The lowest BCUT2D eigenvalue weighted by Crippen LogP contribution is -2.41. The van der Waals surface area contributed by atoms with Crippen LogP contribution in [0.2, 0.25) is 0 Å². The summed E-state index contributed by atoms with van der Waals surface area (Å²) in [7, 11) is 0. The first-order valence-electron chi connectivity index (χ1n) is 8.15. The SMILES string of the molecule is O=C1NC2(CCc3ccccc32)C(=O)N1CC=Cc1ccccc1. The molecule has 1 unspecified atom stereocenters. The number of nitrogens with one attached hydrogen (secondary N) is 1. The molecule has 1 spiro atoms. The van der Waals surface area contributed by atoms with Crippen molar-refractivity contribution in [2.24, 2.45) is 0 Å². The van der Waals surface area contributed by atoms with Gasteiger partial charge in [-0.1, -0.05) is 66.7 Å². The van der Waals surface area contributed by atoms with Gasteiger partial charge in [0.25, 0.3) is 5.91 Å². The summed E-state index contributed by atoms with van der Waals surface area (Å²) in [5.74, 6) is -0.143. The number of imide groups is 1. The highest BCUT2D eigenvalue weighted by molar-refractivity contribution is 6.08. The number of amides is 3. The number of hydrogen-bond acceptors (Lipinski definition) is 2. The van der Waals surface area contributed by atoms with Gasteiger partial charge in [0.15, 0.2) is 0 Å². The maximum atomic E-state index is 13.0. The molecule has 1 atom stereocenters. The first kappa shape index (κ1) is 14.7. The van der Waals surface area contributed by atoms with Gasteiger partial charge in [0, 0.05) is 6.54 Å². The maximum Gasteiger partial charge on any atom is 0.325 e. The van der Waals surface area contributed by atoms with Gasteiger partial charge in [0.1, 0.15) is 5.54 Å². The van der Waals surface area contributed by atoms with Crippen molar-refractivity contribution in [2.75, 3.05) is 6.54 Å². The summed E-state index contributed by atoms with van der Waals surface area (Å²) >= 11 is 0. The van der Waals surface area contributed by atoms with Crippen LogP contribution in [0.3, 0.4) is 0 Å². The molecule has 4 heteroatoms. The van der Waals surface area contributed by atoms with Crippen molar-refractivity contribution in [1.82, 2.24) is 10.2 Å². The van der Waals surface area contributed by atoms with Crippen LogP contribution in [0.15, 0.2) is 60.7 Å². The number of carbonyl (C=O) groups is 2. The summed E-state index contributed by atoms with van der Waals surface area (Å²) in [6, 6.07) is 17.4. The van der Waals surface area contributed by atoms with E-state index in [0.717, 1.165) is 23.1 Å². The Balaban J connectivity index is 1.56. The molecule has 0 bridgehead atoms. The van der Waals surface area contributed by atoms with Gasteiger partial charge in [-0.05, 0) is 29.5 Å². The second-order valence-electron chi connectivity index (χ2n) is 6.22. The van der Waals surface area contributed by atoms with Crippen LogP contribution in [0.5, 0.6) is 0 Å². The zero-order valence-corrected chi connectivity index (χ0v) is 13.2. The minimum atomic E-state index is -0.867. The number of fused-ring (bicyclic) bond motifs is 2. The van der Waals surface area contributed by atoms with E-state index >= 15 is 0 Å². The molecule has 1 saturated heterocycles. The maximum absolute atomic E-state index is 13.0. The molecule has 1 heterocycles. The molecule has 2 aromatic rings. The molecule has 1 N–H and O–H groups in total. The summed E-state index contributed by atoms with van der Waals surface area (Å²) in [6.45, 7) is 0.281. The largest absolute Gasteiger partial charge is 0.325 e. The number of nitrogens with zero attached hydrogens (tertiary/aromatic N) is 1. The molecule has 4 nitrogen and oxygen atoms in total. The topological polar surface area (TPSA) is 49.4 Å². The van der Waals surface area contributed by atoms with Gasteiger partial charge in [-0.25, -0.2) is 4.79 Å². The first-order valence-corrected chi connectivity index (χ1v) is 8.15. The van der Waals surface area contributed by atoms with Crippen LogP contribution in [-0.2, 0) is 16.8 Å². The first-order chi connectivity index (χ1) is 11.7. The van der Waals surface area contributed by atoms with Crippen molar-refractivity contribution in [3.63, 3.8) is 0 Å². The Hall–Kier alpha value is -2.88. The summed E-state index contributed by atoms with van der Waals surface area (Å²) < 4.78 is 0. The van der Waals surface area contributed by atoms with E-state index in [4.69, 9.17) is 0 Å². The van der Waals surface area contributed by atoms with Crippen molar-refractivity contribution in [1.29, 1.82) is 0 Å². The average Bonchev–Trinajstić information content (AvgIpc) is 3.09. The van der Waals surface area contributed by atoms with Crippen LogP contribution < -0.4 is 5.32 Å². The number of rotatable bonds is 3. The molecule has 0 radical (unpaired) electrons. The molecular weight excluding hydrogens is 300 g/mol. The Morgan fingerprint density at radius 2 is 1.79 bits per heavy atom. The molecule has 0 saturated carbocycles. The quantitative estimate of drug-likeness (QED) is 0.884. The smallest absolute Gasteiger partial charge is 0.319 e. The zero-order chi connectivity index (χ0) is 16.6. The molecule has 0 aromatic heterocycles. The number of carbonyl (C=O) groups excluding carboxylic acids is 2. The Bertz CT molecular complexity index is 829. The van der Waals surface area contributed by atoms with Crippen LogP contribution in [0.4, 0.5) is 4.79 Å². The Labute approximate surface area is 140 Å². The lowest BCUT2D eigenvalue weighted by Gasteiger charge is -2.22. The van der Waals surface area contributed by atoms with E-state index in [9.17, 15) is 9.59 Å². The van der Waals surface area contributed by atoms with Gasteiger partial charge < -0.3 is 5.32 Å². The van der Waals surface area contributed by atoms with Gasteiger partial charge in [-0.2, -0.15) is 0 Å². The number of hydrogen-bond donors (Lipinski definition) is 1. The molecule has 2 aliphatic rings. The fraction of sp³-hybridized carbons (Fsp3) is 0.200. The van der Waals surface area contributed by atoms with Crippen molar-refractivity contribution in [3.8, 4) is 0 Å². The van der Waals surface area contributed by atoms with Crippen molar-refractivity contribution < 1.29 is 9.59 Å². The molecule has 4 rings (SSSR count). The lowest BCUT2D eigenvalue weighted by atomic mass is 9.92. The van der Waals surface area contributed by atoms with E-state index in [1.54, 1.807) is 0 Å². The van der Waals surface area contributed by atoms with Crippen molar-refractivity contribution >= 4 is 18.0 Å². The molecule has 1 aliphatic carbocycles. The third-order valence-corrected chi connectivity index (χ3v) is 4.82. The van der Waals surface area contributed by atoms with Crippen molar-refractivity contribution in [2.45, 2.75) is 18.4 Å². The number of aryl methyl sites for hydroxylation is 1. The molecule has 24 heavy (non-hydrogen) atoms. The highest BCUT2D eigenvalue weighted by atomic mass is 16.2. The Kier molecular flexibility index (Phi) is 3.45. The van der Waals surface area contributed by atoms with Crippen LogP contribution in [-0.4, -0.2) is 23.4 Å². The lowest BCUT2D eigenvalue weighted by molar-refractivity contribution is -0.131. The predicted octanol–water partition coefficient (Wildman–Crippen LogP) is 3.09. The fourth-order valence-corrected chi connectivity index (χ4v) is 3.61. The van der Waals surface area contributed by atoms with E-state index in [0.29, 0.717) is 6.42 Å². The third-order valence-electron chi connectivity index (χ3n) is 4.82. The molecule has 1 fully saturated rings. The van der Waals surface area contributed by atoms with Gasteiger partial charge in [0.05, 0.1) is 0 Å². The zero-order valence-electron chi connectivity index (χ0n) is 13.2. The van der Waals surface area contributed by atoms with Crippen molar-refractivity contribution in [3.05, 3.63) is 77.4 Å². The predicted molar refractivity (Wildman–Crippen MR) is 92.2 cm³/mol. The third kappa shape index (κ3) is 2.22. The minimum absolute atomic E-state index is 0.143. The van der Waals surface area contributed by atoms with Crippen LogP contribution in [0.1, 0.15) is 23.1 Å². The van der Waals surface area contributed by atoms with Crippen LogP contribution in [0, 0.1) is 0 Å². The number of urea groups is 1. The van der Waals surface area contributed by atoms with E-state index in [-0.39, 0.29) is 18.5 Å². The van der Waals surface area contributed by atoms with Gasteiger partial charge >= 0.3 is 6.03 Å². The molecule has 2 aromatic carbocycles. The second-order valence-corrected chi connectivity index (χ2v) is 6.22. The summed E-state index contributed by atoms with van der Waals surface area (Å²) in [6.07, 6.45) is 5.23. The highest BCUT2D eigenvalue weighted by Crippen LogP contribution is 2.41. The normalized spacial score (nSPS) is 22.4.